The number of aromatic nitrogens is 2. The van der Waals surface area contributed by atoms with Crippen LogP contribution in [0.15, 0.2) is 6.20 Å². The van der Waals surface area contributed by atoms with Crippen molar-refractivity contribution in [3.05, 3.63) is 23.3 Å². The zero-order chi connectivity index (χ0) is 13.3. The van der Waals surface area contributed by atoms with Crippen LogP contribution in [0.1, 0.15) is 68.4 Å². The SMILES string of the molecule is CCOC1(c2ncc(CBr)c(C3CC3)n2)CCCC1. The molecular weight excluding hydrogens is 304 g/mol. The van der Waals surface area contributed by atoms with Crippen molar-refractivity contribution >= 4 is 15.9 Å². The quantitative estimate of drug-likeness (QED) is 0.766. The molecular formula is C15H21BrN2O. The Morgan fingerprint density at radius 1 is 1.37 bits per heavy atom. The molecule has 0 amide bonds. The maximum atomic E-state index is 6.07. The molecule has 2 saturated carbocycles. The summed E-state index contributed by atoms with van der Waals surface area (Å²) in [4.78, 5) is 9.54. The van der Waals surface area contributed by atoms with Gasteiger partial charge in [-0.25, -0.2) is 9.97 Å². The van der Waals surface area contributed by atoms with Crippen LogP contribution in [0.5, 0.6) is 0 Å². The van der Waals surface area contributed by atoms with E-state index in [1.54, 1.807) is 0 Å². The Labute approximate surface area is 123 Å². The number of hydrogen-bond donors (Lipinski definition) is 0. The summed E-state index contributed by atoms with van der Waals surface area (Å²) in [6.45, 7) is 2.80. The number of hydrogen-bond acceptors (Lipinski definition) is 3. The molecule has 19 heavy (non-hydrogen) atoms. The summed E-state index contributed by atoms with van der Waals surface area (Å²) in [5.41, 5.74) is 2.30. The first kappa shape index (κ1) is 13.5. The van der Waals surface area contributed by atoms with Gasteiger partial charge in [0.25, 0.3) is 0 Å². The minimum atomic E-state index is -0.205. The number of alkyl halides is 1. The lowest BCUT2D eigenvalue weighted by Crippen LogP contribution is -2.29. The maximum absolute atomic E-state index is 6.07. The van der Waals surface area contributed by atoms with Gasteiger partial charge in [0.2, 0.25) is 0 Å². The number of nitrogens with zero attached hydrogens (tertiary/aromatic N) is 2. The van der Waals surface area contributed by atoms with Crippen molar-refractivity contribution in [2.45, 2.75) is 62.3 Å². The summed E-state index contributed by atoms with van der Waals surface area (Å²) in [5.74, 6) is 1.59. The Morgan fingerprint density at radius 3 is 2.68 bits per heavy atom. The molecule has 3 rings (SSSR count). The summed E-state index contributed by atoms with van der Waals surface area (Å²) in [7, 11) is 0. The third-order valence-corrected chi connectivity index (χ3v) is 4.85. The van der Waals surface area contributed by atoms with Gasteiger partial charge in [-0.15, -0.1) is 0 Å². The van der Waals surface area contributed by atoms with Gasteiger partial charge in [-0.3, -0.25) is 0 Å². The molecule has 0 spiro atoms. The lowest BCUT2D eigenvalue weighted by atomic mass is 10.00. The summed E-state index contributed by atoms with van der Waals surface area (Å²) in [6, 6.07) is 0. The van der Waals surface area contributed by atoms with E-state index in [4.69, 9.17) is 9.72 Å². The lowest BCUT2D eigenvalue weighted by molar-refractivity contribution is -0.0458. The second-order valence-corrected chi connectivity index (χ2v) is 6.21. The van der Waals surface area contributed by atoms with Crippen LogP contribution in [0, 0.1) is 0 Å². The van der Waals surface area contributed by atoms with Crippen molar-refractivity contribution < 1.29 is 4.74 Å². The van der Waals surface area contributed by atoms with Crippen molar-refractivity contribution in [3.8, 4) is 0 Å². The second-order valence-electron chi connectivity index (χ2n) is 5.65. The molecule has 0 atom stereocenters. The molecule has 0 saturated heterocycles. The summed E-state index contributed by atoms with van der Waals surface area (Å²) in [5, 5.41) is 0.848. The van der Waals surface area contributed by atoms with E-state index < -0.39 is 0 Å². The van der Waals surface area contributed by atoms with Gasteiger partial charge >= 0.3 is 0 Å². The van der Waals surface area contributed by atoms with Gasteiger partial charge in [0.1, 0.15) is 5.60 Å². The van der Waals surface area contributed by atoms with Crippen LogP contribution in [0.4, 0.5) is 0 Å². The van der Waals surface area contributed by atoms with E-state index in [9.17, 15) is 0 Å². The van der Waals surface area contributed by atoms with E-state index >= 15 is 0 Å². The first-order valence-electron chi connectivity index (χ1n) is 7.35. The van der Waals surface area contributed by atoms with Crippen molar-refractivity contribution in [1.82, 2.24) is 9.97 Å². The van der Waals surface area contributed by atoms with Gasteiger partial charge in [0, 0.05) is 29.6 Å². The first-order valence-corrected chi connectivity index (χ1v) is 8.47. The Hall–Kier alpha value is -0.480. The number of rotatable bonds is 5. The van der Waals surface area contributed by atoms with Gasteiger partial charge in [-0.1, -0.05) is 15.9 Å². The monoisotopic (exact) mass is 324 g/mol. The van der Waals surface area contributed by atoms with Gasteiger partial charge in [0.15, 0.2) is 5.82 Å². The average molecular weight is 325 g/mol. The summed E-state index contributed by atoms with van der Waals surface area (Å²) < 4.78 is 6.07. The predicted octanol–water partition coefficient (Wildman–Crippen LogP) is 4.05. The van der Waals surface area contributed by atoms with E-state index in [0.29, 0.717) is 5.92 Å². The fourth-order valence-corrected chi connectivity index (χ4v) is 3.54. The smallest absolute Gasteiger partial charge is 0.160 e. The van der Waals surface area contributed by atoms with Gasteiger partial charge in [-0.05, 0) is 45.4 Å². The molecule has 104 valence electrons. The molecule has 0 radical (unpaired) electrons. The maximum Gasteiger partial charge on any atom is 0.160 e. The first-order chi connectivity index (χ1) is 9.29. The molecule has 2 fully saturated rings. The van der Waals surface area contributed by atoms with Gasteiger partial charge in [-0.2, -0.15) is 0 Å². The highest BCUT2D eigenvalue weighted by Crippen LogP contribution is 2.44. The van der Waals surface area contributed by atoms with Crippen LogP contribution in [0.25, 0.3) is 0 Å². The molecule has 1 aromatic rings. The fraction of sp³-hybridized carbons (Fsp3) is 0.733. The number of halogens is 1. The minimum absolute atomic E-state index is 0.205. The highest BCUT2D eigenvalue weighted by atomic mass is 79.9. The van der Waals surface area contributed by atoms with Crippen LogP contribution >= 0.6 is 15.9 Å². The Kier molecular flexibility index (Phi) is 3.90. The Morgan fingerprint density at radius 2 is 2.11 bits per heavy atom. The standard InChI is InChI=1S/C15H21BrN2O/c1-2-19-15(7-3-4-8-15)14-17-10-12(9-16)13(18-14)11-5-6-11/h10-11H,2-9H2,1H3. The zero-order valence-corrected chi connectivity index (χ0v) is 13.1. The highest BCUT2D eigenvalue weighted by molar-refractivity contribution is 9.08. The molecule has 0 aliphatic heterocycles. The van der Waals surface area contributed by atoms with Crippen LogP contribution < -0.4 is 0 Å². The van der Waals surface area contributed by atoms with E-state index in [2.05, 4.69) is 27.8 Å². The molecule has 1 aromatic heterocycles. The molecule has 1 heterocycles. The summed E-state index contributed by atoms with van der Waals surface area (Å²) in [6.07, 6.45) is 9.14. The zero-order valence-electron chi connectivity index (χ0n) is 11.5. The third-order valence-electron chi connectivity index (χ3n) is 4.25. The van der Waals surface area contributed by atoms with Crippen LogP contribution in [0.2, 0.25) is 0 Å². The third kappa shape index (κ3) is 2.57. The largest absolute Gasteiger partial charge is 0.367 e. The van der Waals surface area contributed by atoms with E-state index in [-0.39, 0.29) is 5.60 Å². The molecule has 0 unspecified atom stereocenters. The predicted molar refractivity (Wildman–Crippen MR) is 78.4 cm³/mol. The van der Waals surface area contributed by atoms with Crippen LogP contribution in [0.3, 0.4) is 0 Å². The molecule has 0 N–H and O–H groups in total. The second kappa shape index (κ2) is 5.49. The van der Waals surface area contributed by atoms with Crippen molar-refractivity contribution in [2.75, 3.05) is 6.61 Å². The summed E-state index contributed by atoms with van der Waals surface area (Å²) >= 11 is 3.55. The van der Waals surface area contributed by atoms with E-state index in [0.717, 1.165) is 30.6 Å². The van der Waals surface area contributed by atoms with Crippen molar-refractivity contribution in [1.29, 1.82) is 0 Å². The molecule has 0 bridgehead atoms. The van der Waals surface area contributed by atoms with Crippen molar-refractivity contribution in [2.24, 2.45) is 0 Å². The molecule has 2 aliphatic rings. The normalized spacial score (nSPS) is 21.8. The van der Waals surface area contributed by atoms with E-state index in [1.807, 2.05) is 6.20 Å². The van der Waals surface area contributed by atoms with E-state index in [1.165, 1.54) is 36.9 Å². The molecule has 2 aliphatic carbocycles. The van der Waals surface area contributed by atoms with Gasteiger partial charge in [0.05, 0.1) is 5.69 Å². The average Bonchev–Trinajstić information content (AvgIpc) is 3.18. The molecule has 0 aromatic carbocycles. The topological polar surface area (TPSA) is 35.0 Å². The Bertz CT molecular complexity index is 453. The Balaban J connectivity index is 1.97. The van der Waals surface area contributed by atoms with Crippen LogP contribution in [-0.2, 0) is 15.7 Å². The molecule has 4 heteroatoms. The molecule has 3 nitrogen and oxygen atoms in total. The lowest BCUT2D eigenvalue weighted by Gasteiger charge is -2.27. The van der Waals surface area contributed by atoms with Crippen molar-refractivity contribution in [3.63, 3.8) is 0 Å². The number of ether oxygens (including phenoxy) is 1. The minimum Gasteiger partial charge on any atom is -0.367 e. The van der Waals surface area contributed by atoms with Crippen LogP contribution in [-0.4, -0.2) is 16.6 Å². The van der Waals surface area contributed by atoms with Gasteiger partial charge < -0.3 is 4.74 Å². The fourth-order valence-electron chi connectivity index (χ4n) is 3.11. The highest BCUT2D eigenvalue weighted by Gasteiger charge is 2.40.